The van der Waals surface area contributed by atoms with Crippen LogP contribution in [0.3, 0.4) is 0 Å². The van der Waals surface area contributed by atoms with Gasteiger partial charge in [0, 0.05) is 22.5 Å². The highest BCUT2D eigenvalue weighted by atomic mass is 32.2. The molecule has 0 saturated heterocycles. The summed E-state index contributed by atoms with van der Waals surface area (Å²) >= 11 is 0. The summed E-state index contributed by atoms with van der Waals surface area (Å²) in [6.07, 6.45) is 5.34. The van der Waals surface area contributed by atoms with Crippen molar-refractivity contribution >= 4 is 27.3 Å². The van der Waals surface area contributed by atoms with Crippen LogP contribution >= 0.6 is 0 Å². The first-order valence-electron chi connectivity index (χ1n) is 8.14. The average Bonchev–Trinajstić information content (AvgIpc) is 2.68. The third-order valence-electron chi connectivity index (χ3n) is 3.81. The maximum absolute atomic E-state index is 13.0. The fraction of sp³-hybridized carbons (Fsp3) is 0. The van der Waals surface area contributed by atoms with Gasteiger partial charge in [0.05, 0.1) is 4.90 Å². The zero-order valence-electron chi connectivity index (χ0n) is 14.5. The van der Waals surface area contributed by atoms with E-state index < -0.39 is 15.8 Å². The Morgan fingerprint density at radius 1 is 0.929 bits per heavy atom. The molecule has 0 aliphatic rings. The Balaban J connectivity index is 1.71. The number of amides is 1. The molecule has 0 aromatic heterocycles. The van der Waals surface area contributed by atoms with E-state index in [1.54, 1.807) is 24.3 Å². The Morgan fingerprint density at radius 2 is 1.61 bits per heavy atom. The van der Waals surface area contributed by atoms with Crippen LogP contribution in [0.5, 0.6) is 0 Å². The predicted octanol–water partition coefficient (Wildman–Crippen LogP) is 3.86. The van der Waals surface area contributed by atoms with Crippen molar-refractivity contribution < 1.29 is 17.6 Å². The minimum Gasteiger partial charge on any atom is -0.322 e. The Hall–Kier alpha value is -3.63. The number of terminal acetylenes is 1. The molecule has 2 N–H and O–H groups in total. The van der Waals surface area contributed by atoms with Crippen molar-refractivity contribution in [3.63, 3.8) is 0 Å². The van der Waals surface area contributed by atoms with Crippen molar-refractivity contribution in [2.75, 3.05) is 10.0 Å². The third-order valence-corrected chi connectivity index (χ3v) is 5.21. The van der Waals surface area contributed by atoms with Crippen LogP contribution in [0.1, 0.15) is 15.9 Å². The number of hydrogen-bond acceptors (Lipinski definition) is 3. The summed E-state index contributed by atoms with van der Waals surface area (Å²) in [5.74, 6) is 1.60. The van der Waals surface area contributed by atoms with Gasteiger partial charge in [0.25, 0.3) is 15.9 Å². The van der Waals surface area contributed by atoms with Crippen molar-refractivity contribution in [3.8, 4) is 12.3 Å². The lowest BCUT2D eigenvalue weighted by atomic mass is 10.1. The molecule has 1 amide bonds. The molecular formula is C21H15FN2O3S. The molecule has 3 aromatic carbocycles. The maximum Gasteiger partial charge on any atom is 0.261 e. The zero-order chi connectivity index (χ0) is 20.1. The minimum absolute atomic E-state index is 0.0656. The molecule has 3 rings (SSSR count). The first-order valence-corrected chi connectivity index (χ1v) is 9.62. The van der Waals surface area contributed by atoms with E-state index in [-0.39, 0.29) is 16.5 Å². The molecule has 28 heavy (non-hydrogen) atoms. The SMILES string of the molecule is C#Cc1cccc(NC(=O)c2ccc(NS(=O)(=O)c3ccc(F)cc3)cc2)c1. The van der Waals surface area contributed by atoms with Gasteiger partial charge in [-0.15, -0.1) is 6.42 Å². The number of carbonyl (C=O) groups excluding carboxylic acids is 1. The summed E-state index contributed by atoms with van der Waals surface area (Å²) in [5, 5.41) is 2.72. The van der Waals surface area contributed by atoms with E-state index in [9.17, 15) is 17.6 Å². The van der Waals surface area contributed by atoms with Crippen molar-refractivity contribution in [1.29, 1.82) is 0 Å². The summed E-state index contributed by atoms with van der Waals surface area (Å²) < 4.78 is 39.9. The first-order chi connectivity index (χ1) is 13.4. The third kappa shape index (κ3) is 4.55. The molecule has 7 heteroatoms. The molecule has 0 saturated carbocycles. The van der Waals surface area contributed by atoms with Crippen LogP contribution in [0.15, 0.2) is 77.7 Å². The molecule has 3 aromatic rings. The van der Waals surface area contributed by atoms with Gasteiger partial charge in [0.2, 0.25) is 0 Å². The van der Waals surface area contributed by atoms with E-state index in [0.717, 1.165) is 12.1 Å². The number of carbonyl (C=O) groups is 1. The van der Waals surface area contributed by atoms with Crippen LogP contribution in [-0.2, 0) is 10.0 Å². The van der Waals surface area contributed by atoms with E-state index in [2.05, 4.69) is 16.0 Å². The first kappa shape index (κ1) is 19.1. The van der Waals surface area contributed by atoms with E-state index in [4.69, 9.17) is 6.42 Å². The van der Waals surface area contributed by atoms with E-state index in [1.807, 2.05) is 0 Å². The van der Waals surface area contributed by atoms with Gasteiger partial charge in [-0.2, -0.15) is 0 Å². The quantitative estimate of drug-likeness (QED) is 0.646. The molecule has 0 spiro atoms. The van der Waals surface area contributed by atoms with Crippen LogP contribution in [0.2, 0.25) is 0 Å². The van der Waals surface area contributed by atoms with Gasteiger partial charge in [-0.3, -0.25) is 9.52 Å². The Morgan fingerprint density at radius 3 is 2.25 bits per heavy atom. The summed E-state index contributed by atoms with van der Waals surface area (Å²) in [6.45, 7) is 0. The standard InChI is InChI=1S/C21H15FN2O3S/c1-2-15-4-3-5-19(14-15)23-21(25)16-6-10-18(11-7-16)24-28(26,27)20-12-8-17(22)9-13-20/h1,3-14,24H,(H,23,25). The minimum atomic E-state index is -3.86. The van der Waals surface area contributed by atoms with Crippen LogP contribution < -0.4 is 10.0 Å². The second-order valence-electron chi connectivity index (χ2n) is 5.82. The Bertz CT molecular complexity index is 1150. The van der Waals surface area contributed by atoms with Crippen molar-refractivity contribution in [3.05, 3.63) is 89.7 Å². The maximum atomic E-state index is 13.0. The van der Waals surface area contributed by atoms with E-state index >= 15 is 0 Å². The molecular weight excluding hydrogens is 379 g/mol. The van der Waals surface area contributed by atoms with Crippen molar-refractivity contribution in [1.82, 2.24) is 0 Å². The van der Waals surface area contributed by atoms with Gasteiger partial charge >= 0.3 is 0 Å². The molecule has 0 atom stereocenters. The lowest BCUT2D eigenvalue weighted by molar-refractivity contribution is 0.102. The van der Waals surface area contributed by atoms with Crippen molar-refractivity contribution in [2.45, 2.75) is 4.90 Å². The van der Waals surface area contributed by atoms with Crippen LogP contribution in [0, 0.1) is 18.2 Å². The van der Waals surface area contributed by atoms with Gasteiger partial charge < -0.3 is 5.32 Å². The van der Waals surface area contributed by atoms with Crippen LogP contribution in [0.4, 0.5) is 15.8 Å². The predicted molar refractivity (Wildman–Crippen MR) is 106 cm³/mol. The molecule has 0 aliphatic carbocycles. The summed E-state index contributed by atoms with van der Waals surface area (Å²) in [5.41, 5.74) is 1.82. The smallest absolute Gasteiger partial charge is 0.261 e. The second kappa shape index (κ2) is 7.94. The molecule has 0 bridgehead atoms. The number of anilines is 2. The number of nitrogens with one attached hydrogen (secondary N) is 2. The summed E-state index contributed by atoms with van der Waals surface area (Å²) in [6, 6.07) is 17.2. The monoisotopic (exact) mass is 394 g/mol. The molecule has 0 fully saturated rings. The molecule has 0 heterocycles. The van der Waals surface area contributed by atoms with Crippen LogP contribution in [0.25, 0.3) is 0 Å². The van der Waals surface area contributed by atoms with Gasteiger partial charge in [0.15, 0.2) is 0 Å². The molecule has 140 valence electrons. The highest BCUT2D eigenvalue weighted by Crippen LogP contribution is 2.18. The lowest BCUT2D eigenvalue weighted by Gasteiger charge is -2.09. The number of rotatable bonds is 5. The van der Waals surface area contributed by atoms with Crippen molar-refractivity contribution in [2.24, 2.45) is 0 Å². The van der Waals surface area contributed by atoms with E-state index in [0.29, 0.717) is 16.8 Å². The topological polar surface area (TPSA) is 75.3 Å². The normalized spacial score (nSPS) is 10.7. The number of hydrogen-bond donors (Lipinski definition) is 2. The Labute approximate surface area is 162 Å². The molecule has 0 radical (unpaired) electrons. The fourth-order valence-electron chi connectivity index (χ4n) is 2.41. The average molecular weight is 394 g/mol. The van der Waals surface area contributed by atoms with Gasteiger partial charge in [0.1, 0.15) is 5.82 Å². The number of sulfonamides is 1. The second-order valence-corrected chi connectivity index (χ2v) is 7.50. The van der Waals surface area contributed by atoms with Gasteiger partial charge in [-0.25, -0.2) is 12.8 Å². The molecule has 5 nitrogen and oxygen atoms in total. The van der Waals surface area contributed by atoms with Gasteiger partial charge in [-0.05, 0) is 66.7 Å². The zero-order valence-corrected chi connectivity index (χ0v) is 15.3. The fourth-order valence-corrected chi connectivity index (χ4v) is 3.47. The summed E-state index contributed by atoms with van der Waals surface area (Å²) in [7, 11) is -3.86. The molecule has 0 aliphatic heterocycles. The summed E-state index contributed by atoms with van der Waals surface area (Å²) in [4.78, 5) is 12.3. The lowest BCUT2D eigenvalue weighted by Crippen LogP contribution is -2.14. The highest BCUT2D eigenvalue weighted by molar-refractivity contribution is 7.92. The van der Waals surface area contributed by atoms with Gasteiger partial charge in [-0.1, -0.05) is 12.0 Å². The van der Waals surface area contributed by atoms with Crippen LogP contribution in [-0.4, -0.2) is 14.3 Å². The number of halogens is 1. The largest absolute Gasteiger partial charge is 0.322 e. The molecule has 0 unspecified atom stereocenters. The number of benzene rings is 3. The highest BCUT2D eigenvalue weighted by Gasteiger charge is 2.14. The Kier molecular flexibility index (Phi) is 5.43. The van der Waals surface area contributed by atoms with E-state index in [1.165, 1.54) is 36.4 Å².